The molecule has 1 unspecified atom stereocenters. The number of aryl methyl sites for hydroxylation is 1. The van der Waals surface area contributed by atoms with Gasteiger partial charge in [-0.05, 0) is 36.2 Å². The average Bonchev–Trinajstić information content (AvgIpc) is 2.34. The van der Waals surface area contributed by atoms with E-state index in [2.05, 4.69) is 4.98 Å². The third-order valence-electron chi connectivity index (χ3n) is 2.84. The van der Waals surface area contributed by atoms with Crippen molar-refractivity contribution in [1.82, 2.24) is 4.98 Å². The Labute approximate surface area is 104 Å². The lowest BCUT2D eigenvalue weighted by atomic mass is 9.99. The van der Waals surface area contributed by atoms with Crippen LogP contribution in [0.2, 0.25) is 0 Å². The third-order valence-corrected chi connectivity index (χ3v) is 2.84. The molecule has 2 rings (SSSR count). The number of aromatic nitrogens is 1. The molecule has 1 N–H and O–H groups in total. The highest BCUT2D eigenvalue weighted by Gasteiger charge is 2.12. The molecule has 0 saturated heterocycles. The van der Waals surface area contributed by atoms with Gasteiger partial charge in [-0.25, -0.2) is 8.78 Å². The molecule has 1 aromatic carbocycles. The quantitative estimate of drug-likeness (QED) is 0.907. The first-order valence-electron chi connectivity index (χ1n) is 5.60. The van der Waals surface area contributed by atoms with Gasteiger partial charge in [-0.3, -0.25) is 4.98 Å². The van der Waals surface area contributed by atoms with Crippen LogP contribution in [0.25, 0.3) is 0 Å². The predicted octanol–water partition coefficient (Wildman–Crippen LogP) is 2.94. The molecule has 0 bridgehead atoms. The maximum Gasteiger partial charge on any atom is 0.141 e. The summed E-state index contributed by atoms with van der Waals surface area (Å²) < 4.78 is 26.1. The Morgan fingerprint density at radius 2 is 1.94 bits per heavy atom. The molecule has 94 valence electrons. The van der Waals surface area contributed by atoms with Gasteiger partial charge >= 0.3 is 0 Å². The van der Waals surface area contributed by atoms with E-state index in [1.54, 1.807) is 6.07 Å². The van der Waals surface area contributed by atoms with Gasteiger partial charge < -0.3 is 5.11 Å². The van der Waals surface area contributed by atoms with E-state index in [1.165, 1.54) is 24.4 Å². The largest absolute Gasteiger partial charge is 0.388 e. The van der Waals surface area contributed by atoms with Crippen molar-refractivity contribution in [3.63, 3.8) is 0 Å². The van der Waals surface area contributed by atoms with Crippen LogP contribution in [0.5, 0.6) is 0 Å². The molecule has 4 heteroatoms. The summed E-state index contributed by atoms with van der Waals surface area (Å²) in [5, 5.41) is 9.98. The predicted molar refractivity (Wildman–Crippen MR) is 64.0 cm³/mol. The first-order valence-corrected chi connectivity index (χ1v) is 5.60. The van der Waals surface area contributed by atoms with Crippen LogP contribution in [-0.4, -0.2) is 10.1 Å². The number of hydrogen-bond acceptors (Lipinski definition) is 2. The average molecular weight is 249 g/mol. The van der Waals surface area contributed by atoms with Crippen molar-refractivity contribution in [2.75, 3.05) is 0 Å². The van der Waals surface area contributed by atoms with Crippen molar-refractivity contribution in [2.45, 2.75) is 19.4 Å². The molecule has 0 amide bonds. The lowest BCUT2D eigenvalue weighted by molar-refractivity contribution is 0.177. The van der Waals surface area contributed by atoms with Gasteiger partial charge in [0.1, 0.15) is 11.6 Å². The number of hydrogen-bond donors (Lipinski definition) is 1. The maximum atomic E-state index is 13.1. The fourth-order valence-corrected chi connectivity index (χ4v) is 1.80. The maximum absolute atomic E-state index is 13.1. The molecule has 1 heterocycles. The van der Waals surface area contributed by atoms with Crippen molar-refractivity contribution in [1.29, 1.82) is 0 Å². The van der Waals surface area contributed by atoms with Crippen LogP contribution in [-0.2, 0) is 6.42 Å². The number of pyridine rings is 1. The van der Waals surface area contributed by atoms with Gasteiger partial charge in [-0.15, -0.1) is 0 Å². The van der Waals surface area contributed by atoms with Gasteiger partial charge in [0.25, 0.3) is 0 Å². The summed E-state index contributed by atoms with van der Waals surface area (Å²) in [6.45, 7) is 1.84. The lowest BCUT2D eigenvalue weighted by Gasteiger charge is -2.12. The third kappa shape index (κ3) is 2.90. The smallest absolute Gasteiger partial charge is 0.141 e. The summed E-state index contributed by atoms with van der Waals surface area (Å²) in [5.74, 6) is -0.845. The highest BCUT2D eigenvalue weighted by Crippen LogP contribution is 2.21. The van der Waals surface area contributed by atoms with Crippen molar-refractivity contribution in [2.24, 2.45) is 0 Å². The monoisotopic (exact) mass is 249 g/mol. The van der Waals surface area contributed by atoms with E-state index in [0.29, 0.717) is 11.1 Å². The van der Waals surface area contributed by atoms with E-state index in [0.717, 1.165) is 11.8 Å². The second kappa shape index (κ2) is 5.23. The van der Waals surface area contributed by atoms with Crippen LogP contribution < -0.4 is 0 Å². The minimum atomic E-state index is -0.895. The molecule has 2 aromatic rings. The number of nitrogens with zero attached hydrogens (tertiary/aromatic N) is 1. The van der Waals surface area contributed by atoms with Crippen LogP contribution in [0.4, 0.5) is 8.78 Å². The lowest BCUT2D eigenvalue weighted by Crippen LogP contribution is -2.04. The van der Waals surface area contributed by atoms with Gasteiger partial charge in [0.15, 0.2) is 0 Å². The summed E-state index contributed by atoms with van der Waals surface area (Å²) in [6.07, 6.45) is 1.81. The Morgan fingerprint density at radius 1 is 1.17 bits per heavy atom. The molecule has 18 heavy (non-hydrogen) atoms. The fourth-order valence-electron chi connectivity index (χ4n) is 1.80. The molecule has 0 radical (unpaired) electrons. The zero-order chi connectivity index (χ0) is 13.1. The fraction of sp³-hybridized carbons (Fsp3) is 0.214. The molecular weight excluding hydrogens is 236 g/mol. The number of aliphatic hydroxyl groups is 1. The highest BCUT2D eigenvalue weighted by molar-refractivity contribution is 5.28. The van der Waals surface area contributed by atoms with Crippen molar-refractivity contribution >= 4 is 0 Å². The van der Waals surface area contributed by atoms with E-state index in [-0.39, 0.29) is 12.2 Å². The Balaban J connectivity index is 2.21. The summed E-state index contributed by atoms with van der Waals surface area (Å²) in [6, 6.07) is 5.63. The zero-order valence-electron chi connectivity index (χ0n) is 9.90. The summed E-state index contributed by atoms with van der Waals surface area (Å²) in [7, 11) is 0. The van der Waals surface area contributed by atoms with Gasteiger partial charge in [-0.1, -0.05) is 6.07 Å². The molecule has 0 aliphatic carbocycles. The first kappa shape index (κ1) is 12.6. The van der Waals surface area contributed by atoms with Gasteiger partial charge in [0.2, 0.25) is 0 Å². The van der Waals surface area contributed by atoms with Crippen molar-refractivity contribution < 1.29 is 13.9 Å². The Morgan fingerprint density at radius 3 is 2.67 bits per heavy atom. The summed E-state index contributed by atoms with van der Waals surface area (Å²) >= 11 is 0. The molecule has 0 fully saturated rings. The van der Waals surface area contributed by atoms with Crippen LogP contribution >= 0.6 is 0 Å². The Bertz CT molecular complexity index is 557. The molecule has 1 aromatic heterocycles. The number of benzene rings is 1. The van der Waals surface area contributed by atoms with Gasteiger partial charge in [-0.2, -0.15) is 0 Å². The molecule has 0 saturated carbocycles. The van der Waals surface area contributed by atoms with E-state index in [4.69, 9.17) is 0 Å². The molecule has 0 aliphatic heterocycles. The van der Waals surface area contributed by atoms with Crippen molar-refractivity contribution in [3.05, 3.63) is 65.0 Å². The number of aliphatic hydroxyl groups excluding tert-OH is 1. The topological polar surface area (TPSA) is 33.1 Å². The van der Waals surface area contributed by atoms with E-state index in [1.807, 2.05) is 6.92 Å². The standard InChI is InChI=1S/C14H13F2NO/c1-9-2-3-12(15)4-10(9)6-14(18)11-5-13(16)8-17-7-11/h2-5,7-8,14,18H,6H2,1H3. The SMILES string of the molecule is Cc1ccc(F)cc1CC(O)c1cncc(F)c1. The van der Waals surface area contributed by atoms with Crippen LogP contribution in [0.15, 0.2) is 36.7 Å². The highest BCUT2D eigenvalue weighted by atomic mass is 19.1. The number of halogens is 2. The second-order valence-corrected chi connectivity index (χ2v) is 4.23. The summed E-state index contributed by atoms with van der Waals surface area (Å²) in [4.78, 5) is 3.68. The van der Waals surface area contributed by atoms with E-state index in [9.17, 15) is 13.9 Å². The molecular formula is C14H13F2NO. The van der Waals surface area contributed by atoms with Crippen LogP contribution in [0.1, 0.15) is 22.8 Å². The van der Waals surface area contributed by atoms with Crippen molar-refractivity contribution in [3.8, 4) is 0 Å². The van der Waals surface area contributed by atoms with Gasteiger partial charge in [0, 0.05) is 18.2 Å². The van der Waals surface area contributed by atoms with E-state index < -0.39 is 11.9 Å². The van der Waals surface area contributed by atoms with E-state index >= 15 is 0 Å². The minimum absolute atomic E-state index is 0.231. The van der Waals surface area contributed by atoms with Crippen LogP contribution in [0.3, 0.4) is 0 Å². The Hall–Kier alpha value is -1.81. The normalized spacial score (nSPS) is 12.4. The molecule has 0 spiro atoms. The second-order valence-electron chi connectivity index (χ2n) is 4.23. The Kier molecular flexibility index (Phi) is 3.67. The molecule has 1 atom stereocenters. The molecule has 2 nitrogen and oxygen atoms in total. The molecule has 0 aliphatic rings. The minimum Gasteiger partial charge on any atom is -0.388 e. The number of rotatable bonds is 3. The van der Waals surface area contributed by atoms with Gasteiger partial charge in [0.05, 0.1) is 12.3 Å². The first-order chi connectivity index (χ1) is 8.56. The zero-order valence-corrected chi connectivity index (χ0v) is 9.90. The summed E-state index contributed by atoms with van der Waals surface area (Å²) in [5.41, 5.74) is 1.98. The van der Waals surface area contributed by atoms with Crippen LogP contribution in [0, 0.1) is 18.6 Å².